The van der Waals surface area contributed by atoms with Crippen LogP contribution in [0.4, 0.5) is 4.79 Å². The number of quaternary nitrogens is 1. The molecule has 1 saturated heterocycles. The Hall–Kier alpha value is -1.30. The minimum absolute atomic E-state index is 0. The molecule has 12 heavy (non-hydrogen) atoms. The lowest BCUT2D eigenvalue weighted by Gasteiger charge is -2.15. The lowest BCUT2D eigenvalue weighted by molar-refractivity contribution is -0.308. The maximum absolute atomic E-state index is 10.7. The second-order valence-corrected chi connectivity index (χ2v) is 2.41. The first-order chi connectivity index (χ1) is 5.20. The van der Waals surface area contributed by atoms with E-state index in [1.54, 1.807) is 0 Å². The fourth-order valence-corrected chi connectivity index (χ4v) is 0.966. The zero-order valence-corrected chi connectivity index (χ0v) is 6.92. The summed E-state index contributed by atoms with van der Waals surface area (Å²) >= 11 is 0. The highest BCUT2D eigenvalue weighted by Gasteiger charge is 2.15. The fraction of sp³-hybridized carbons (Fsp3) is 0.667. The van der Waals surface area contributed by atoms with Gasteiger partial charge in [0.1, 0.15) is 0 Å². The molecule has 0 aromatic rings. The standard InChI is InChI=1S/C6H10N2O3.H3N/c9-5(10)4-2-1-3-7-6(11)8-4;/h4H,1-3H2,(H,9,10)(H2,7,8,11);1H3/t4-;/m1./s1. The van der Waals surface area contributed by atoms with E-state index in [1.807, 2.05) is 0 Å². The number of carboxylic acids is 1. The summed E-state index contributed by atoms with van der Waals surface area (Å²) in [5.41, 5.74) is 0. The molecule has 70 valence electrons. The van der Waals surface area contributed by atoms with E-state index in [0.29, 0.717) is 19.4 Å². The summed E-state index contributed by atoms with van der Waals surface area (Å²) in [5, 5.41) is 15.1. The van der Waals surface area contributed by atoms with Crippen molar-refractivity contribution in [3.8, 4) is 0 Å². The second-order valence-electron chi connectivity index (χ2n) is 2.41. The Morgan fingerprint density at radius 2 is 2.25 bits per heavy atom. The highest BCUT2D eigenvalue weighted by molar-refractivity contribution is 5.81. The molecular formula is C6H13N3O3. The molecule has 0 spiro atoms. The SMILES string of the molecule is O=C1NCCC[C@H](C(=O)[O-])N1.[NH4+]. The van der Waals surface area contributed by atoms with Crippen LogP contribution in [0, 0.1) is 0 Å². The summed E-state index contributed by atoms with van der Waals surface area (Å²) in [4.78, 5) is 21.0. The number of carbonyl (C=O) groups excluding carboxylic acids is 2. The molecule has 6 nitrogen and oxygen atoms in total. The van der Waals surface area contributed by atoms with Gasteiger partial charge >= 0.3 is 6.03 Å². The Morgan fingerprint density at radius 3 is 2.83 bits per heavy atom. The lowest BCUT2D eigenvalue weighted by Crippen LogP contribution is -2.48. The minimum atomic E-state index is -1.22. The normalized spacial score (nSPS) is 22.7. The predicted molar refractivity (Wildman–Crippen MR) is 40.5 cm³/mol. The smallest absolute Gasteiger partial charge is 0.315 e. The molecule has 0 saturated carbocycles. The maximum Gasteiger partial charge on any atom is 0.315 e. The van der Waals surface area contributed by atoms with Crippen molar-refractivity contribution in [1.82, 2.24) is 16.8 Å². The molecule has 0 aromatic carbocycles. The molecule has 0 unspecified atom stereocenters. The van der Waals surface area contributed by atoms with E-state index < -0.39 is 18.0 Å². The maximum atomic E-state index is 10.7. The molecule has 1 atom stereocenters. The summed E-state index contributed by atoms with van der Waals surface area (Å²) in [6.07, 6.45) is 1.10. The molecule has 1 aliphatic heterocycles. The highest BCUT2D eigenvalue weighted by atomic mass is 16.4. The van der Waals surface area contributed by atoms with Gasteiger partial charge in [-0.1, -0.05) is 0 Å². The van der Waals surface area contributed by atoms with Crippen molar-refractivity contribution in [2.75, 3.05) is 6.54 Å². The Kier molecular flexibility index (Phi) is 4.06. The first-order valence-corrected chi connectivity index (χ1v) is 3.45. The van der Waals surface area contributed by atoms with Gasteiger partial charge in [0.25, 0.3) is 0 Å². The molecule has 0 aliphatic carbocycles. The zero-order valence-electron chi connectivity index (χ0n) is 6.92. The van der Waals surface area contributed by atoms with Gasteiger partial charge in [-0.05, 0) is 12.8 Å². The summed E-state index contributed by atoms with van der Waals surface area (Å²) in [6, 6.07) is -1.27. The van der Waals surface area contributed by atoms with E-state index in [-0.39, 0.29) is 6.15 Å². The molecule has 6 heteroatoms. The van der Waals surface area contributed by atoms with Crippen LogP contribution in [0.2, 0.25) is 0 Å². The number of hydrogen-bond donors (Lipinski definition) is 3. The number of aliphatic carboxylic acids is 1. The van der Waals surface area contributed by atoms with Crippen molar-refractivity contribution in [1.29, 1.82) is 0 Å². The topological polar surface area (TPSA) is 118 Å². The van der Waals surface area contributed by atoms with Crippen molar-refractivity contribution in [3.05, 3.63) is 0 Å². The van der Waals surface area contributed by atoms with E-state index >= 15 is 0 Å². The Balaban J connectivity index is 0.00000121. The number of carboxylic acid groups (broad SMARTS) is 1. The van der Waals surface area contributed by atoms with Crippen LogP contribution in [0.3, 0.4) is 0 Å². The number of urea groups is 1. The van der Waals surface area contributed by atoms with E-state index in [0.717, 1.165) is 0 Å². The molecule has 0 radical (unpaired) electrons. The van der Waals surface area contributed by atoms with Crippen LogP contribution in [0.1, 0.15) is 12.8 Å². The predicted octanol–water partition coefficient (Wildman–Crippen LogP) is -1.43. The van der Waals surface area contributed by atoms with Gasteiger partial charge in [0.05, 0.1) is 12.0 Å². The minimum Gasteiger partial charge on any atom is -0.548 e. The molecule has 6 N–H and O–H groups in total. The van der Waals surface area contributed by atoms with Gasteiger partial charge < -0.3 is 26.7 Å². The van der Waals surface area contributed by atoms with Crippen LogP contribution in [0.25, 0.3) is 0 Å². The van der Waals surface area contributed by atoms with E-state index in [1.165, 1.54) is 0 Å². The second kappa shape index (κ2) is 4.55. The Bertz CT molecular complexity index is 183. The third-order valence-corrected chi connectivity index (χ3v) is 1.54. The van der Waals surface area contributed by atoms with Crippen molar-refractivity contribution in [2.45, 2.75) is 18.9 Å². The van der Waals surface area contributed by atoms with Crippen LogP contribution in [-0.4, -0.2) is 24.6 Å². The van der Waals surface area contributed by atoms with Crippen molar-refractivity contribution in [3.63, 3.8) is 0 Å². The zero-order chi connectivity index (χ0) is 8.27. The fourth-order valence-electron chi connectivity index (χ4n) is 0.966. The number of carbonyl (C=O) groups is 2. The largest absolute Gasteiger partial charge is 0.548 e. The van der Waals surface area contributed by atoms with Crippen molar-refractivity contribution >= 4 is 12.0 Å². The van der Waals surface area contributed by atoms with Gasteiger partial charge in [0.15, 0.2) is 0 Å². The first-order valence-electron chi connectivity index (χ1n) is 3.45. The molecule has 0 bridgehead atoms. The van der Waals surface area contributed by atoms with Crippen LogP contribution in [0.15, 0.2) is 0 Å². The van der Waals surface area contributed by atoms with E-state index in [2.05, 4.69) is 10.6 Å². The van der Waals surface area contributed by atoms with Gasteiger partial charge in [-0.25, -0.2) is 4.79 Å². The summed E-state index contributed by atoms with van der Waals surface area (Å²) in [7, 11) is 0. The van der Waals surface area contributed by atoms with Gasteiger partial charge in [-0.15, -0.1) is 0 Å². The van der Waals surface area contributed by atoms with Gasteiger partial charge in [0, 0.05) is 6.54 Å². The molecule has 1 fully saturated rings. The van der Waals surface area contributed by atoms with Gasteiger partial charge in [-0.2, -0.15) is 0 Å². The molecule has 2 amide bonds. The van der Waals surface area contributed by atoms with Crippen LogP contribution in [0.5, 0.6) is 0 Å². The molecule has 1 heterocycles. The van der Waals surface area contributed by atoms with Crippen molar-refractivity contribution in [2.24, 2.45) is 0 Å². The van der Waals surface area contributed by atoms with Crippen LogP contribution >= 0.6 is 0 Å². The quantitative estimate of drug-likeness (QED) is 0.453. The average molecular weight is 175 g/mol. The summed E-state index contributed by atoms with van der Waals surface area (Å²) < 4.78 is 0. The Labute approximate surface area is 69.9 Å². The average Bonchev–Trinajstić information content (AvgIpc) is 2.13. The molecule has 1 rings (SSSR count). The third-order valence-electron chi connectivity index (χ3n) is 1.54. The number of hydrogen-bond acceptors (Lipinski definition) is 3. The van der Waals surface area contributed by atoms with Gasteiger partial charge in [-0.3, -0.25) is 0 Å². The summed E-state index contributed by atoms with van der Waals surface area (Å²) in [5.74, 6) is -1.22. The number of nitrogens with one attached hydrogen (secondary N) is 2. The lowest BCUT2D eigenvalue weighted by atomic mass is 10.2. The highest BCUT2D eigenvalue weighted by Crippen LogP contribution is 1.98. The molecule has 0 aromatic heterocycles. The van der Waals surface area contributed by atoms with Crippen molar-refractivity contribution < 1.29 is 14.7 Å². The van der Waals surface area contributed by atoms with E-state index in [4.69, 9.17) is 0 Å². The monoisotopic (exact) mass is 175 g/mol. The van der Waals surface area contributed by atoms with Crippen LogP contribution in [-0.2, 0) is 4.79 Å². The first kappa shape index (κ1) is 10.7. The third kappa shape index (κ3) is 2.75. The Morgan fingerprint density at radius 1 is 1.58 bits per heavy atom. The van der Waals surface area contributed by atoms with Crippen LogP contribution < -0.4 is 21.9 Å². The van der Waals surface area contributed by atoms with Gasteiger partial charge in [0.2, 0.25) is 0 Å². The molecular weight excluding hydrogens is 162 g/mol. The molecule has 1 aliphatic rings. The van der Waals surface area contributed by atoms with E-state index in [9.17, 15) is 14.7 Å². The number of rotatable bonds is 1. The number of amides is 2. The summed E-state index contributed by atoms with van der Waals surface area (Å²) in [6.45, 7) is 0.523.